The predicted molar refractivity (Wildman–Crippen MR) is 69.7 cm³/mol. The van der Waals surface area contributed by atoms with Crippen LogP contribution in [0.2, 0.25) is 0 Å². The van der Waals surface area contributed by atoms with E-state index in [9.17, 15) is 0 Å². The maximum Gasteiger partial charge on any atom is 0.192 e. The Labute approximate surface area is 101 Å². The third-order valence-corrected chi connectivity index (χ3v) is 4.05. The van der Waals surface area contributed by atoms with Crippen LogP contribution in [0.1, 0.15) is 31.6 Å². The van der Waals surface area contributed by atoms with E-state index in [4.69, 9.17) is 5.73 Å². The number of nitrogens with zero attached hydrogens (tertiary/aromatic N) is 2. The van der Waals surface area contributed by atoms with Gasteiger partial charge in [0.1, 0.15) is 0 Å². The first-order chi connectivity index (χ1) is 7.65. The lowest BCUT2D eigenvalue weighted by Crippen LogP contribution is -2.48. The van der Waals surface area contributed by atoms with E-state index in [0.717, 1.165) is 19.5 Å². The summed E-state index contributed by atoms with van der Waals surface area (Å²) in [5.74, 6) is 0.698. The zero-order valence-electron chi connectivity index (χ0n) is 9.94. The van der Waals surface area contributed by atoms with Crippen molar-refractivity contribution in [3.05, 3.63) is 22.4 Å². The van der Waals surface area contributed by atoms with Gasteiger partial charge in [0.05, 0.1) is 18.6 Å². The zero-order chi connectivity index (χ0) is 11.6. The number of thiophene rings is 1. The molecule has 0 saturated carbocycles. The Kier molecular flexibility index (Phi) is 3.19. The Morgan fingerprint density at radius 1 is 1.62 bits per heavy atom. The molecule has 0 fully saturated rings. The highest BCUT2D eigenvalue weighted by molar-refractivity contribution is 7.09. The maximum absolute atomic E-state index is 5.98. The lowest BCUT2D eigenvalue weighted by molar-refractivity contribution is 0.200. The number of rotatable bonds is 4. The first-order valence-electron chi connectivity index (χ1n) is 5.75. The highest BCUT2D eigenvalue weighted by Crippen LogP contribution is 2.29. The van der Waals surface area contributed by atoms with Gasteiger partial charge in [-0.2, -0.15) is 0 Å². The highest BCUT2D eigenvalue weighted by Gasteiger charge is 2.36. The van der Waals surface area contributed by atoms with Gasteiger partial charge < -0.3 is 10.6 Å². The lowest BCUT2D eigenvalue weighted by atomic mass is 9.95. The first kappa shape index (κ1) is 11.5. The number of aliphatic imine (C=N–C) groups is 1. The van der Waals surface area contributed by atoms with Gasteiger partial charge in [-0.05, 0) is 24.8 Å². The van der Waals surface area contributed by atoms with Crippen LogP contribution >= 0.6 is 11.3 Å². The van der Waals surface area contributed by atoms with Crippen LogP contribution in [0.25, 0.3) is 0 Å². The van der Waals surface area contributed by atoms with Crippen molar-refractivity contribution in [2.45, 2.75) is 38.8 Å². The quantitative estimate of drug-likeness (QED) is 0.874. The van der Waals surface area contributed by atoms with Gasteiger partial charge in [-0.15, -0.1) is 11.3 Å². The molecular weight excluding hydrogens is 218 g/mol. The molecule has 4 heteroatoms. The largest absolute Gasteiger partial charge is 0.370 e. The highest BCUT2D eigenvalue weighted by atomic mass is 32.1. The molecule has 88 valence electrons. The second-order valence-electron chi connectivity index (χ2n) is 4.59. The van der Waals surface area contributed by atoms with Gasteiger partial charge in [0.15, 0.2) is 5.96 Å². The Morgan fingerprint density at radius 3 is 3.06 bits per heavy atom. The van der Waals surface area contributed by atoms with Crippen molar-refractivity contribution in [1.29, 1.82) is 0 Å². The van der Waals surface area contributed by atoms with Crippen molar-refractivity contribution in [1.82, 2.24) is 4.90 Å². The summed E-state index contributed by atoms with van der Waals surface area (Å²) >= 11 is 1.78. The number of nitrogens with two attached hydrogens (primary N) is 1. The summed E-state index contributed by atoms with van der Waals surface area (Å²) in [6.07, 6.45) is 2.31. The third kappa shape index (κ3) is 2.07. The topological polar surface area (TPSA) is 41.6 Å². The van der Waals surface area contributed by atoms with E-state index in [2.05, 4.69) is 41.3 Å². The molecule has 1 unspecified atom stereocenters. The van der Waals surface area contributed by atoms with E-state index < -0.39 is 0 Å². The van der Waals surface area contributed by atoms with Gasteiger partial charge in [-0.1, -0.05) is 19.4 Å². The molecule has 0 aliphatic carbocycles. The zero-order valence-corrected chi connectivity index (χ0v) is 10.8. The van der Waals surface area contributed by atoms with E-state index in [0.29, 0.717) is 5.96 Å². The summed E-state index contributed by atoms with van der Waals surface area (Å²) in [4.78, 5) is 8.00. The van der Waals surface area contributed by atoms with Crippen molar-refractivity contribution in [2.24, 2.45) is 10.7 Å². The summed E-state index contributed by atoms with van der Waals surface area (Å²) in [6, 6.07) is 4.24. The van der Waals surface area contributed by atoms with Gasteiger partial charge in [-0.3, -0.25) is 4.99 Å². The monoisotopic (exact) mass is 237 g/mol. The average molecular weight is 237 g/mol. The summed E-state index contributed by atoms with van der Waals surface area (Å²) in [5, 5.41) is 2.11. The van der Waals surface area contributed by atoms with E-state index in [-0.39, 0.29) is 5.54 Å². The molecule has 2 N–H and O–H groups in total. The second kappa shape index (κ2) is 4.45. The van der Waals surface area contributed by atoms with E-state index in [1.165, 1.54) is 11.3 Å². The minimum Gasteiger partial charge on any atom is -0.370 e. The standard InChI is InChI=1S/C12H19N3S/c1-3-6-12(2)9-14-11(13)15(12)8-10-5-4-7-16-10/h4-5,7H,3,6,8-9H2,1-2H3,(H2,13,14). The van der Waals surface area contributed by atoms with Gasteiger partial charge in [0.25, 0.3) is 0 Å². The summed E-state index contributed by atoms with van der Waals surface area (Å²) in [6.45, 7) is 6.19. The molecule has 1 aromatic rings. The normalized spacial score (nSPS) is 24.9. The molecule has 0 spiro atoms. The van der Waals surface area contributed by atoms with Crippen LogP contribution in [0.5, 0.6) is 0 Å². The fourth-order valence-electron chi connectivity index (χ4n) is 2.28. The Bertz CT molecular complexity index is 372. The van der Waals surface area contributed by atoms with Crippen molar-refractivity contribution in [3.8, 4) is 0 Å². The number of hydrogen-bond acceptors (Lipinski definition) is 4. The molecule has 2 heterocycles. The molecule has 0 bridgehead atoms. The molecule has 0 saturated heterocycles. The molecule has 0 radical (unpaired) electrons. The molecule has 16 heavy (non-hydrogen) atoms. The fraction of sp³-hybridized carbons (Fsp3) is 0.583. The van der Waals surface area contributed by atoms with Crippen molar-refractivity contribution >= 4 is 17.3 Å². The number of hydrogen-bond donors (Lipinski definition) is 1. The molecule has 0 amide bonds. The minimum atomic E-state index is 0.114. The molecule has 0 aromatic carbocycles. The van der Waals surface area contributed by atoms with E-state index in [1.54, 1.807) is 11.3 Å². The van der Waals surface area contributed by atoms with Gasteiger partial charge in [-0.25, -0.2) is 0 Å². The van der Waals surface area contributed by atoms with Crippen LogP contribution < -0.4 is 5.73 Å². The predicted octanol–water partition coefficient (Wildman–Crippen LogP) is 2.44. The Balaban J connectivity index is 2.13. The van der Waals surface area contributed by atoms with E-state index in [1.807, 2.05) is 0 Å². The molecule has 1 aliphatic rings. The number of guanidine groups is 1. The minimum absolute atomic E-state index is 0.114. The van der Waals surface area contributed by atoms with Gasteiger partial charge >= 0.3 is 0 Å². The Hall–Kier alpha value is -1.03. The first-order valence-corrected chi connectivity index (χ1v) is 6.63. The van der Waals surface area contributed by atoms with Crippen molar-refractivity contribution in [3.63, 3.8) is 0 Å². The SMILES string of the molecule is CCCC1(C)CN=C(N)N1Cc1cccs1. The smallest absolute Gasteiger partial charge is 0.192 e. The molecule has 1 atom stereocenters. The summed E-state index contributed by atoms with van der Waals surface area (Å²) in [7, 11) is 0. The third-order valence-electron chi connectivity index (χ3n) is 3.19. The summed E-state index contributed by atoms with van der Waals surface area (Å²) < 4.78 is 0. The van der Waals surface area contributed by atoms with Crippen LogP contribution in [-0.2, 0) is 6.54 Å². The molecule has 1 aliphatic heterocycles. The molecule has 2 rings (SSSR count). The summed E-state index contributed by atoms with van der Waals surface area (Å²) in [5.41, 5.74) is 6.10. The fourth-order valence-corrected chi connectivity index (χ4v) is 2.97. The van der Waals surface area contributed by atoms with Crippen molar-refractivity contribution in [2.75, 3.05) is 6.54 Å². The molecule has 1 aromatic heterocycles. The van der Waals surface area contributed by atoms with Crippen molar-refractivity contribution < 1.29 is 0 Å². The second-order valence-corrected chi connectivity index (χ2v) is 5.62. The van der Waals surface area contributed by atoms with Crippen LogP contribution in [0.15, 0.2) is 22.5 Å². The Morgan fingerprint density at radius 2 is 2.44 bits per heavy atom. The average Bonchev–Trinajstić information content (AvgIpc) is 2.83. The molecular formula is C12H19N3S. The van der Waals surface area contributed by atoms with Crippen LogP contribution in [0, 0.1) is 0 Å². The maximum atomic E-state index is 5.98. The van der Waals surface area contributed by atoms with Gasteiger partial charge in [0.2, 0.25) is 0 Å². The lowest BCUT2D eigenvalue weighted by Gasteiger charge is -2.35. The van der Waals surface area contributed by atoms with Crippen LogP contribution in [-0.4, -0.2) is 22.9 Å². The van der Waals surface area contributed by atoms with E-state index >= 15 is 0 Å². The van der Waals surface area contributed by atoms with Crippen LogP contribution in [0.4, 0.5) is 0 Å². The molecule has 3 nitrogen and oxygen atoms in total. The van der Waals surface area contributed by atoms with Crippen LogP contribution in [0.3, 0.4) is 0 Å². The van der Waals surface area contributed by atoms with Gasteiger partial charge in [0, 0.05) is 4.88 Å².